The van der Waals surface area contributed by atoms with Crippen molar-refractivity contribution in [3.8, 4) is 56.4 Å². The minimum Gasteiger partial charge on any atom is -0.309 e. The molecular weight excluding hydrogens is 753 g/mol. The summed E-state index contributed by atoms with van der Waals surface area (Å²) in [4.78, 5) is 11.0. The summed E-state index contributed by atoms with van der Waals surface area (Å²) in [5, 5.41) is 4.97. The van der Waals surface area contributed by atoms with Crippen molar-refractivity contribution < 1.29 is 0 Å². The molecule has 0 aliphatic heterocycles. The lowest BCUT2D eigenvalue weighted by molar-refractivity contribution is 1.04. The van der Waals surface area contributed by atoms with Gasteiger partial charge in [-0.1, -0.05) is 146 Å². The molecule has 0 bridgehead atoms. The van der Waals surface area contributed by atoms with Gasteiger partial charge in [0.2, 0.25) is 0 Å². The van der Waals surface area contributed by atoms with E-state index in [-0.39, 0.29) is 0 Å². The molecule has 292 valence electrons. The molecule has 7 aromatic carbocycles. The molecule has 4 aromatic heterocycles. The third-order valence-corrected chi connectivity index (χ3v) is 12.3. The molecule has 12 rings (SSSR count). The predicted molar refractivity (Wildman–Crippen MR) is 259 cm³/mol. The van der Waals surface area contributed by atoms with Crippen LogP contribution in [0.2, 0.25) is 0 Å². The molecule has 62 heavy (non-hydrogen) atoms. The summed E-state index contributed by atoms with van der Waals surface area (Å²) in [5.41, 5.74) is 17.0. The minimum absolute atomic E-state index is 0.825. The number of hydrogen-bond donors (Lipinski definition) is 0. The molecule has 11 aromatic rings. The van der Waals surface area contributed by atoms with Crippen LogP contribution in [-0.2, 0) is 0 Å². The van der Waals surface area contributed by atoms with Crippen LogP contribution in [0.1, 0.15) is 18.4 Å². The number of allylic oxidation sites excluding steroid dienone is 4. The van der Waals surface area contributed by atoms with E-state index in [1.807, 2.05) is 0 Å². The highest BCUT2D eigenvalue weighted by molar-refractivity contribution is 6.10. The maximum absolute atomic E-state index is 5.48. The van der Waals surface area contributed by atoms with E-state index in [4.69, 9.17) is 9.97 Å². The van der Waals surface area contributed by atoms with Crippen LogP contribution in [0, 0.1) is 0 Å². The van der Waals surface area contributed by atoms with Gasteiger partial charge in [-0.05, 0) is 108 Å². The van der Waals surface area contributed by atoms with Crippen LogP contribution in [0.3, 0.4) is 0 Å². The van der Waals surface area contributed by atoms with E-state index in [2.05, 4.69) is 228 Å². The lowest BCUT2D eigenvalue weighted by atomic mass is 9.96. The molecule has 4 nitrogen and oxygen atoms in total. The number of para-hydroxylation sites is 4. The van der Waals surface area contributed by atoms with E-state index >= 15 is 0 Å². The number of pyridine rings is 2. The Morgan fingerprint density at radius 3 is 1.23 bits per heavy atom. The largest absolute Gasteiger partial charge is 0.309 e. The summed E-state index contributed by atoms with van der Waals surface area (Å²) >= 11 is 0. The Hall–Kier alpha value is -8.08. The Balaban J connectivity index is 1.04. The van der Waals surface area contributed by atoms with Gasteiger partial charge in [-0.25, -0.2) is 9.97 Å². The molecular formula is C58H40N4. The topological polar surface area (TPSA) is 35.6 Å². The zero-order valence-electron chi connectivity index (χ0n) is 34.0. The van der Waals surface area contributed by atoms with Gasteiger partial charge >= 0.3 is 0 Å². The Kier molecular flexibility index (Phi) is 8.60. The van der Waals surface area contributed by atoms with Crippen LogP contribution < -0.4 is 0 Å². The maximum atomic E-state index is 5.48. The lowest BCUT2D eigenvalue weighted by Gasteiger charge is -2.15. The number of rotatable bonds is 7. The second-order valence-corrected chi connectivity index (χ2v) is 16.1. The molecule has 0 saturated carbocycles. The predicted octanol–water partition coefficient (Wildman–Crippen LogP) is 15.1. The van der Waals surface area contributed by atoms with Crippen LogP contribution in [-0.4, -0.2) is 19.1 Å². The SMILES string of the molecule is C1=CC(c2cc(-c3cccc(-n4c5ccccc5c5ccccc54)c3)nc(-c3cc(-c4ccccc4)cc(-c4cccc(-n5c6ccccc6c6ccccc65)c4)n3)c2)=CCC1. The maximum Gasteiger partial charge on any atom is 0.0900 e. The summed E-state index contributed by atoms with van der Waals surface area (Å²) in [6.07, 6.45) is 8.93. The Labute approximate surface area is 360 Å². The third-order valence-electron chi connectivity index (χ3n) is 12.3. The van der Waals surface area contributed by atoms with Gasteiger partial charge in [0.1, 0.15) is 0 Å². The zero-order chi connectivity index (χ0) is 41.0. The van der Waals surface area contributed by atoms with Crippen LogP contribution in [0.15, 0.2) is 218 Å². The quantitative estimate of drug-likeness (QED) is 0.161. The second kappa shape index (κ2) is 14.9. The fourth-order valence-electron chi connectivity index (χ4n) is 9.42. The van der Waals surface area contributed by atoms with Crippen molar-refractivity contribution in [1.82, 2.24) is 19.1 Å². The molecule has 0 amide bonds. The van der Waals surface area contributed by atoms with Gasteiger partial charge in [0.15, 0.2) is 0 Å². The zero-order valence-corrected chi connectivity index (χ0v) is 34.0. The van der Waals surface area contributed by atoms with E-state index in [0.717, 1.165) is 74.8 Å². The monoisotopic (exact) mass is 792 g/mol. The summed E-state index contributed by atoms with van der Waals surface area (Å²) in [5.74, 6) is 0. The molecule has 4 heterocycles. The number of aromatic nitrogens is 4. The number of fused-ring (bicyclic) bond motifs is 6. The van der Waals surface area contributed by atoms with E-state index in [1.165, 1.54) is 49.2 Å². The fraction of sp³-hybridized carbons (Fsp3) is 0.0345. The first-order valence-corrected chi connectivity index (χ1v) is 21.4. The first-order chi connectivity index (χ1) is 30.7. The minimum atomic E-state index is 0.825. The summed E-state index contributed by atoms with van der Waals surface area (Å²) in [6.45, 7) is 0. The number of nitrogens with zero attached hydrogens (tertiary/aromatic N) is 4. The average Bonchev–Trinajstić information content (AvgIpc) is 3.87. The van der Waals surface area contributed by atoms with Crippen LogP contribution in [0.25, 0.3) is 106 Å². The van der Waals surface area contributed by atoms with Crippen molar-refractivity contribution >= 4 is 49.2 Å². The average molecular weight is 793 g/mol. The smallest absolute Gasteiger partial charge is 0.0900 e. The van der Waals surface area contributed by atoms with Crippen LogP contribution in [0.5, 0.6) is 0 Å². The van der Waals surface area contributed by atoms with Gasteiger partial charge in [0.25, 0.3) is 0 Å². The molecule has 0 fully saturated rings. The Morgan fingerprint density at radius 1 is 0.323 bits per heavy atom. The fourth-order valence-corrected chi connectivity index (χ4v) is 9.42. The first-order valence-electron chi connectivity index (χ1n) is 21.4. The third kappa shape index (κ3) is 6.15. The first kappa shape index (κ1) is 35.8. The van der Waals surface area contributed by atoms with Crippen LogP contribution >= 0.6 is 0 Å². The van der Waals surface area contributed by atoms with Gasteiger partial charge in [-0.3, -0.25) is 0 Å². The summed E-state index contributed by atoms with van der Waals surface area (Å²) in [7, 11) is 0. The molecule has 0 saturated heterocycles. The van der Waals surface area contributed by atoms with E-state index in [0.29, 0.717) is 0 Å². The van der Waals surface area contributed by atoms with Gasteiger partial charge < -0.3 is 9.13 Å². The molecule has 0 unspecified atom stereocenters. The van der Waals surface area contributed by atoms with Crippen LogP contribution in [0.4, 0.5) is 0 Å². The van der Waals surface area contributed by atoms with E-state index in [1.54, 1.807) is 0 Å². The van der Waals surface area contributed by atoms with Crippen molar-refractivity contribution in [2.45, 2.75) is 12.8 Å². The molecule has 0 N–H and O–H groups in total. The molecule has 1 aliphatic rings. The van der Waals surface area contributed by atoms with Gasteiger partial charge in [-0.15, -0.1) is 0 Å². The standard InChI is InChI=1S/C58H40N4/c1-3-17-39(18-4-1)43-35-51(41-21-15-23-45(33-41)61-55-29-11-7-25-47(55)48-26-8-12-30-56(48)61)59-53(37-43)54-38-44(40-19-5-2-6-20-40)36-52(60-54)42-22-16-24-46(34-42)62-57-31-13-9-27-49(57)50-28-10-14-32-58(50)62/h1,3-5,7-38H,2,6H2. The summed E-state index contributed by atoms with van der Waals surface area (Å²) in [6, 6.07) is 71.7. The molecule has 0 atom stereocenters. The highest BCUT2D eigenvalue weighted by Gasteiger charge is 2.18. The van der Waals surface area contributed by atoms with Crippen molar-refractivity contribution in [1.29, 1.82) is 0 Å². The number of benzene rings is 7. The van der Waals surface area contributed by atoms with Crippen molar-refractivity contribution in [3.05, 3.63) is 224 Å². The molecule has 1 aliphatic carbocycles. The Bertz CT molecular complexity index is 3480. The highest BCUT2D eigenvalue weighted by Crippen LogP contribution is 2.38. The van der Waals surface area contributed by atoms with Crippen molar-refractivity contribution in [2.75, 3.05) is 0 Å². The normalized spacial score (nSPS) is 12.7. The van der Waals surface area contributed by atoms with E-state index in [9.17, 15) is 0 Å². The van der Waals surface area contributed by atoms with Gasteiger partial charge in [0, 0.05) is 44.0 Å². The van der Waals surface area contributed by atoms with Crippen molar-refractivity contribution in [2.24, 2.45) is 0 Å². The second-order valence-electron chi connectivity index (χ2n) is 16.1. The molecule has 0 radical (unpaired) electrons. The van der Waals surface area contributed by atoms with Gasteiger partial charge in [-0.2, -0.15) is 0 Å². The highest BCUT2D eigenvalue weighted by atomic mass is 15.0. The molecule has 4 heteroatoms. The van der Waals surface area contributed by atoms with Gasteiger partial charge in [0.05, 0.1) is 44.8 Å². The lowest BCUT2D eigenvalue weighted by Crippen LogP contribution is -1.99. The van der Waals surface area contributed by atoms with E-state index < -0.39 is 0 Å². The summed E-state index contributed by atoms with van der Waals surface area (Å²) < 4.78 is 4.74. The number of hydrogen-bond acceptors (Lipinski definition) is 2. The van der Waals surface area contributed by atoms with Crippen molar-refractivity contribution in [3.63, 3.8) is 0 Å². The Morgan fingerprint density at radius 2 is 0.742 bits per heavy atom. The molecule has 0 spiro atoms.